The van der Waals surface area contributed by atoms with Crippen molar-refractivity contribution in [2.24, 2.45) is 17.8 Å². The van der Waals surface area contributed by atoms with Crippen molar-refractivity contribution in [1.82, 2.24) is 40.4 Å². The van der Waals surface area contributed by atoms with Crippen molar-refractivity contribution in [2.75, 3.05) is 27.3 Å². The third-order valence-electron chi connectivity index (χ3n) is 12.8. The standard InChI is InChI=1S/C46H56N8O6/c1-25(2)38(51-45(57)59-5)43(55)53-19-7-9-36(53)41-47-24-35(49-41)32-14-13-28-21-27(11-12-29(28)23-32)30-15-17-33-31(22-30)16-18-34-40(33)50-42(48-34)37-10-8-20-54(37)44(56)39(26(3)4)52-46(58)60-6/h11-15,17,21-26,31,33,36-39H,7-10,16,18-20H2,1-6H3,(H,47,49)(H,48,50)(H,51,57)(H,52,58)/t31?,33?,36-,37-,38-,39-/m0/s1. The number of imidazole rings is 2. The first-order valence-electron chi connectivity index (χ1n) is 21.3. The normalized spacial score (nSPS) is 22.0. The van der Waals surface area contributed by atoms with Crippen molar-refractivity contribution in [2.45, 2.75) is 96.3 Å². The molecular weight excluding hydrogens is 761 g/mol. The van der Waals surface area contributed by atoms with Gasteiger partial charge in [-0.3, -0.25) is 9.59 Å². The molecule has 0 radical (unpaired) electrons. The van der Waals surface area contributed by atoms with Crippen LogP contribution in [0.2, 0.25) is 0 Å². The molecule has 2 saturated heterocycles. The van der Waals surface area contributed by atoms with Gasteiger partial charge in [-0.1, -0.05) is 70.2 Å². The van der Waals surface area contributed by atoms with Gasteiger partial charge in [0.05, 0.1) is 43.9 Å². The third-order valence-corrected chi connectivity index (χ3v) is 12.8. The number of carbonyl (C=O) groups excluding carboxylic acids is 4. The second kappa shape index (κ2) is 17.0. The number of H-pyrrole nitrogens is 2. The predicted octanol–water partition coefficient (Wildman–Crippen LogP) is 7.34. The van der Waals surface area contributed by atoms with Crippen molar-refractivity contribution in [3.8, 4) is 11.3 Å². The molecule has 4 N–H and O–H groups in total. The number of hydrogen-bond acceptors (Lipinski definition) is 8. The van der Waals surface area contributed by atoms with Crippen molar-refractivity contribution in [3.05, 3.63) is 89.4 Å². The van der Waals surface area contributed by atoms with E-state index in [9.17, 15) is 19.2 Å². The Bertz CT molecular complexity index is 2340. The summed E-state index contributed by atoms with van der Waals surface area (Å²) in [4.78, 5) is 72.1. The van der Waals surface area contributed by atoms with Crippen LogP contribution < -0.4 is 10.6 Å². The van der Waals surface area contributed by atoms with Gasteiger partial charge in [0.1, 0.15) is 23.7 Å². The van der Waals surface area contributed by atoms with Gasteiger partial charge < -0.3 is 39.9 Å². The van der Waals surface area contributed by atoms with E-state index in [1.165, 1.54) is 19.8 Å². The molecule has 2 aromatic carbocycles. The Morgan fingerprint density at radius 1 is 0.767 bits per heavy atom. The van der Waals surface area contributed by atoms with Gasteiger partial charge in [0, 0.05) is 30.3 Å². The van der Waals surface area contributed by atoms with Crippen LogP contribution in [0.3, 0.4) is 0 Å². The van der Waals surface area contributed by atoms with Crippen molar-refractivity contribution in [3.63, 3.8) is 0 Å². The smallest absolute Gasteiger partial charge is 0.407 e. The maximum Gasteiger partial charge on any atom is 0.407 e. The molecule has 2 aromatic heterocycles. The molecular formula is C46H56N8O6. The number of methoxy groups -OCH3 is 2. The molecule has 316 valence electrons. The van der Waals surface area contributed by atoms with Crippen LogP contribution in [0.1, 0.15) is 106 Å². The van der Waals surface area contributed by atoms with Gasteiger partial charge >= 0.3 is 12.2 Å². The molecule has 14 heteroatoms. The third kappa shape index (κ3) is 7.91. The van der Waals surface area contributed by atoms with Gasteiger partial charge in [-0.2, -0.15) is 0 Å². The number of aromatic amines is 2. The molecule has 0 spiro atoms. The summed E-state index contributed by atoms with van der Waals surface area (Å²) in [6, 6.07) is 11.3. The summed E-state index contributed by atoms with van der Waals surface area (Å²) in [7, 11) is 2.60. The van der Waals surface area contributed by atoms with Gasteiger partial charge in [-0.15, -0.1) is 0 Å². The fourth-order valence-corrected chi connectivity index (χ4v) is 9.51. The number of allylic oxidation sites excluding steroid dienone is 4. The van der Waals surface area contributed by atoms with E-state index in [4.69, 9.17) is 19.4 Å². The van der Waals surface area contributed by atoms with Crippen molar-refractivity contribution in [1.29, 1.82) is 0 Å². The summed E-state index contributed by atoms with van der Waals surface area (Å²) < 4.78 is 9.58. The number of carbonyl (C=O) groups is 4. The highest BCUT2D eigenvalue weighted by molar-refractivity contribution is 5.91. The average molecular weight is 817 g/mol. The van der Waals surface area contributed by atoms with E-state index in [1.54, 1.807) is 0 Å². The quantitative estimate of drug-likeness (QED) is 0.129. The fourth-order valence-electron chi connectivity index (χ4n) is 9.51. The number of alkyl carbamates (subject to hydrolysis) is 2. The Hall–Kier alpha value is -5.92. The molecule has 4 aromatic rings. The van der Waals surface area contributed by atoms with E-state index in [2.05, 4.69) is 75.2 Å². The fraction of sp³-hybridized carbons (Fsp3) is 0.478. The molecule has 8 rings (SSSR count). The van der Waals surface area contributed by atoms with Crippen LogP contribution in [0.5, 0.6) is 0 Å². The Labute approximate surface area is 350 Å². The van der Waals surface area contributed by atoms with Crippen molar-refractivity contribution >= 4 is 40.3 Å². The van der Waals surface area contributed by atoms with E-state index in [1.807, 2.05) is 43.7 Å². The molecule has 0 saturated carbocycles. The summed E-state index contributed by atoms with van der Waals surface area (Å²) >= 11 is 0. The van der Waals surface area contributed by atoms with Crippen LogP contribution in [0.4, 0.5) is 9.59 Å². The average Bonchev–Trinajstić information content (AvgIpc) is 4.09. The SMILES string of the molecule is COC(=O)N[C@H](C(=O)N1CCC[C@H]1c1ncc(-c2ccc3cc(C4=CC5CCc6nc([C@@H]7CCCN7C(=O)[C@@H](NC(=O)OC)C(C)C)[nH]c6C5C=C4)ccc3c2)[nH]1)C(C)C. The number of benzene rings is 2. The van der Waals surface area contributed by atoms with E-state index in [-0.39, 0.29) is 41.7 Å². The molecule has 2 unspecified atom stereocenters. The zero-order valence-corrected chi connectivity index (χ0v) is 35.3. The van der Waals surface area contributed by atoms with Crippen LogP contribution in [0.15, 0.2) is 60.8 Å². The first-order chi connectivity index (χ1) is 28.9. The molecule has 14 nitrogen and oxygen atoms in total. The van der Waals surface area contributed by atoms with Crippen LogP contribution >= 0.6 is 0 Å². The molecule has 2 aliphatic heterocycles. The Kier molecular flexibility index (Phi) is 11.6. The topological polar surface area (TPSA) is 175 Å². The number of nitrogens with one attached hydrogen (secondary N) is 4. The number of amides is 4. The van der Waals surface area contributed by atoms with Gasteiger partial charge in [0.25, 0.3) is 0 Å². The highest BCUT2D eigenvalue weighted by Gasteiger charge is 2.40. The second-order valence-electron chi connectivity index (χ2n) is 17.2. The van der Waals surface area contributed by atoms with Gasteiger partial charge in [-0.05, 0) is 90.3 Å². The number of likely N-dealkylation sites (tertiary alicyclic amines) is 2. The number of aryl methyl sites for hydroxylation is 1. The van der Waals surface area contributed by atoms with Crippen LogP contribution in [0.25, 0.3) is 27.6 Å². The first kappa shape index (κ1) is 40.8. The minimum Gasteiger partial charge on any atom is -0.453 e. The lowest BCUT2D eigenvalue weighted by Crippen LogP contribution is -2.51. The highest BCUT2D eigenvalue weighted by Crippen LogP contribution is 2.44. The Morgan fingerprint density at radius 3 is 1.95 bits per heavy atom. The number of aromatic nitrogens is 4. The van der Waals surface area contributed by atoms with Crippen molar-refractivity contribution < 1.29 is 28.7 Å². The molecule has 0 bridgehead atoms. The van der Waals surface area contributed by atoms with Crippen LogP contribution in [0, 0.1) is 17.8 Å². The largest absolute Gasteiger partial charge is 0.453 e. The number of rotatable bonds is 10. The maximum atomic E-state index is 13.7. The minimum atomic E-state index is -0.684. The van der Waals surface area contributed by atoms with Gasteiger partial charge in [-0.25, -0.2) is 19.6 Å². The van der Waals surface area contributed by atoms with Crippen LogP contribution in [-0.4, -0.2) is 93.1 Å². The van der Waals surface area contributed by atoms with Gasteiger partial charge in [0.2, 0.25) is 11.8 Å². The lowest BCUT2D eigenvalue weighted by molar-refractivity contribution is -0.136. The Morgan fingerprint density at radius 2 is 1.35 bits per heavy atom. The summed E-state index contributed by atoms with van der Waals surface area (Å²) in [5, 5.41) is 7.70. The zero-order chi connectivity index (χ0) is 42.2. The summed E-state index contributed by atoms with van der Waals surface area (Å²) in [5.41, 5.74) is 6.47. The number of ether oxygens (including phenoxy) is 2. The van der Waals surface area contributed by atoms with E-state index in [0.717, 1.165) is 89.2 Å². The first-order valence-corrected chi connectivity index (χ1v) is 21.3. The van der Waals surface area contributed by atoms with E-state index >= 15 is 0 Å². The second-order valence-corrected chi connectivity index (χ2v) is 17.2. The lowest BCUT2D eigenvalue weighted by atomic mass is 9.75. The molecule has 4 amide bonds. The molecule has 4 aliphatic rings. The molecule has 4 heterocycles. The summed E-state index contributed by atoms with van der Waals surface area (Å²) in [6.45, 7) is 8.89. The number of fused-ring (bicyclic) bond motifs is 4. The minimum absolute atomic E-state index is 0.0917. The summed E-state index contributed by atoms with van der Waals surface area (Å²) in [5.74, 6) is 1.64. The maximum absolute atomic E-state index is 13.7. The molecule has 60 heavy (non-hydrogen) atoms. The van der Waals surface area contributed by atoms with E-state index in [0.29, 0.717) is 19.0 Å². The zero-order valence-electron chi connectivity index (χ0n) is 35.3. The predicted molar refractivity (Wildman–Crippen MR) is 227 cm³/mol. The summed E-state index contributed by atoms with van der Waals surface area (Å²) in [6.07, 6.45) is 12.7. The molecule has 6 atom stereocenters. The van der Waals surface area contributed by atoms with Gasteiger partial charge in [0.15, 0.2) is 0 Å². The highest BCUT2D eigenvalue weighted by atomic mass is 16.5. The van der Waals surface area contributed by atoms with Crippen LogP contribution in [-0.2, 0) is 25.5 Å². The lowest BCUT2D eigenvalue weighted by Gasteiger charge is -2.30. The molecule has 2 aliphatic carbocycles. The molecule has 2 fully saturated rings. The Balaban J connectivity index is 0.951. The monoisotopic (exact) mass is 816 g/mol. The van der Waals surface area contributed by atoms with E-state index < -0.39 is 24.3 Å². The number of nitrogens with zero attached hydrogens (tertiary/aromatic N) is 4. The number of hydrogen-bond donors (Lipinski definition) is 4.